The minimum Gasteiger partial charge on any atom is -0.465 e. The molecule has 0 fully saturated rings. The molecule has 0 aliphatic heterocycles. The van der Waals surface area contributed by atoms with Gasteiger partial charge in [0.2, 0.25) is 0 Å². The largest absolute Gasteiger partial charge is 0.465 e. The number of nitrogens with zero attached hydrogens (tertiary/aromatic N) is 1. The normalized spacial score (nSPS) is 10.6. The van der Waals surface area contributed by atoms with Gasteiger partial charge in [-0.3, -0.25) is 10.1 Å². The predicted octanol–water partition coefficient (Wildman–Crippen LogP) is 4.06. The van der Waals surface area contributed by atoms with Gasteiger partial charge in [-0.05, 0) is 42.7 Å². The smallest absolute Gasteiger partial charge is 0.337 e. The van der Waals surface area contributed by atoms with Crippen LogP contribution in [0.15, 0.2) is 47.4 Å². The number of aromatic nitrogens is 1. The molecule has 0 saturated carbocycles. The Balaban J connectivity index is 1.80. The van der Waals surface area contributed by atoms with E-state index in [4.69, 9.17) is 0 Å². The number of thioether (sulfide) groups is 1. The maximum Gasteiger partial charge on any atom is 0.337 e. The summed E-state index contributed by atoms with van der Waals surface area (Å²) in [4.78, 5) is 29.3. The van der Waals surface area contributed by atoms with E-state index in [9.17, 15) is 9.59 Å². The second-order valence-corrected chi connectivity index (χ2v) is 6.73. The third-order valence-corrected chi connectivity index (χ3v) is 5.10. The first kappa shape index (κ1) is 16.5. The Hall–Kier alpha value is -2.38. The van der Waals surface area contributed by atoms with E-state index in [1.165, 1.54) is 18.4 Å². The number of para-hydroxylation sites is 1. The summed E-state index contributed by atoms with van der Waals surface area (Å²) in [5, 5.41) is 3.35. The first-order valence-electron chi connectivity index (χ1n) is 7.05. The van der Waals surface area contributed by atoms with Crippen LogP contribution in [0.2, 0.25) is 0 Å². The first-order chi connectivity index (χ1) is 11.6. The summed E-state index contributed by atoms with van der Waals surface area (Å²) in [5.41, 5.74) is 1.75. The number of rotatable bonds is 4. The van der Waals surface area contributed by atoms with E-state index in [0.29, 0.717) is 16.3 Å². The zero-order chi connectivity index (χ0) is 17.1. The Morgan fingerprint density at radius 2 is 1.83 bits per heavy atom. The third-order valence-electron chi connectivity index (χ3n) is 3.39. The van der Waals surface area contributed by atoms with Crippen LogP contribution in [0.5, 0.6) is 0 Å². The molecule has 0 spiro atoms. The van der Waals surface area contributed by atoms with Crippen molar-refractivity contribution in [3.05, 3.63) is 53.6 Å². The molecule has 1 heterocycles. The lowest BCUT2D eigenvalue weighted by atomic mass is 10.1. The molecular formula is C17H14N2O3S2. The highest BCUT2D eigenvalue weighted by molar-refractivity contribution is 7.98. The maximum atomic E-state index is 12.3. The van der Waals surface area contributed by atoms with Crippen molar-refractivity contribution in [1.82, 2.24) is 4.98 Å². The highest BCUT2D eigenvalue weighted by atomic mass is 32.2. The average molecular weight is 358 g/mol. The summed E-state index contributed by atoms with van der Waals surface area (Å²) in [6.07, 6.45) is 2.00. The van der Waals surface area contributed by atoms with Crippen LogP contribution in [0.3, 0.4) is 0 Å². The van der Waals surface area contributed by atoms with Gasteiger partial charge in [0.15, 0.2) is 5.13 Å². The summed E-state index contributed by atoms with van der Waals surface area (Å²) >= 11 is 3.05. The lowest BCUT2D eigenvalue weighted by Crippen LogP contribution is -2.12. The monoisotopic (exact) mass is 358 g/mol. The van der Waals surface area contributed by atoms with Gasteiger partial charge in [0, 0.05) is 10.5 Å². The van der Waals surface area contributed by atoms with Gasteiger partial charge in [-0.25, -0.2) is 9.78 Å². The third kappa shape index (κ3) is 3.27. The molecule has 122 valence electrons. The van der Waals surface area contributed by atoms with Crippen LogP contribution in [-0.2, 0) is 4.74 Å². The van der Waals surface area contributed by atoms with Crippen molar-refractivity contribution in [2.45, 2.75) is 4.90 Å². The van der Waals surface area contributed by atoms with Crippen molar-refractivity contribution in [1.29, 1.82) is 0 Å². The van der Waals surface area contributed by atoms with Crippen LogP contribution in [0.25, 0.3) is 10.2 Å². The number of thiazole rings is 1. The Morgan fingerprint density at radius 3 is 2.50 bits per heavy atom. The van der Waals surface area contributed by atoms with Gasteiger partial charge in [0.1, 0.15) is 0 Å². The molecule has 5 nitrogen and oxygen atoms in total. The number of methoxy groups -OCH3 is 1. The fourth-order valence-electron chi connectivity index (χ4n) is 2.19. The van der Waals surface area contributed by atoms with Crippen molar-refractivity contribution in [2.24, 2.45) is 0 Å². The molecule has 2 aromatic carbocycles. The van der Waals surface area contributed by atoms with Crippen LogP contribution in [0, 0.1) is 0 Å². The Kier molecular flexibility index (Phi) is 4.82. The molecule has 0 bridgehead atoms. The van der Waals surface area contributed by atoms with Gasteiger partial charge in [0.25, 0.3) is 5.91 Å². The van der Waals surface area contributed by atoms with E-state index in [1.807, 2.05) is 24.5 Å². The second kappa shape index (κ2) is 7.02. The molecule has 0 atom stereocenters. The second-order valence-electron chi connectivity index (χ2n) is 4.85. The minimum absolute atomic E-state index is 0.267. The van der Waals surface area contributed by atoms with Crippen LogP contribution in [0.4, 0.5) is 5.13 Å². The number of nitrogens with one attached hydrogen (secondary N) is 1. The van der Waals surface area contributed by atoms with E-state index in [-0.39, 0.29) is 5.91 Å². The Labute approximate surface area is 147 Å². The van der Waals surface area contributed by atoms with Gasteiger partial charge in [-0.2, -0.15) is 0 Å². The molecule has 1 N–H and O–H groups in total. The Morgan fingerprint density at radius 1 is 1.12 bits per heavy atom. The molecule has 3 rings (SSSR count). The Bertz CT molecular complexity index is 904. The van der Waals surface area contributed by atoms with Gasteiger partial charge in [-0.1, -0.05) is 17.4 Å². The van der Waals surface area contributed by atoms with Crippen LogP contribution >= 0.6 is 23.1 Å². The summed E-state index contributed by atoms with van der Waals surface area (Å²) in [5.74, 6) is -0.700. The number of carbonyl (C=O) groups excluding carboxylic acids is 2. The number of fused-ring (bicyclic) bond motifs is 1. The lowest BCUT2D eigenvalue weighted by Gasteiger charge is -2.03. The molecular weight excluding hydrogens is 344 g/mol. The van der Waals surface area contributed by atoms with Gasteiger partial charge in [-0.15, -0.1) is 11.8 Å². The fourth-order valence-corrected chi connectivity index (χ4v) is 3.70. The fraction of sp³-hybridized carbons (Fsp3) is 0.118. The van der Waals surface area contributed by atoms with E-state index in [2.05, 4.69) is 15.0 Å². The minimum atomic E-state index is -0.433. The van der Waals surface area contributed by atoms with Crippen LogP contribution < -0.4 is 5.32 Å². The van der Waals surface area contributed by atoms with E-state index >= 15 is 0 Å². The summed E-state index contributed by atoms with van der Waals surface area (Å²) in [7, 11) is 1.32. The highest BCUT2D eigenvalue weighted by Gasteiger charge is 2.13. The topological polar surface area (TPSA) is 68.3 Å². The number of ether oxygens (including phenoxy) is 1. The zero-order valence-electron chi connectivity index (χ0n) is 13.0. The quantitative estimate of drug-likeness (QED) is 0.563. The van der Waals surface area contributed by atoms with Crippen molar-refractivity contribution >= 4 is 50.3 Å². The van der Waals surface area contributed by atoms with E-state index in [1.54, 1.807) is 36.0 Å². The van der Waals surface area contributed by atoms with Crippen molar-refractivity contribution < 1.29 is 14.3 Å². The SMILES string of the molecule is COC(=O)c1ccc(C(=O)Nc2nc3c(SC)cccc3s2)cc1. The number of amides is 1. The number of anilines is 1. The highest BCUT2D eigenvalue weighted by Crippen LogP contribution is 2.32. The van der Waals surface area contributed by atoms with Crippen molar-refractivity contribution in [3.8, 4) is 0 Å². The molecule has 0 aliphatic rings. The molecule has 1 amide bonds. The van der Waals surface area contributed by atoms with Crippen molar-refractivity contribution in [3.63, 3.8) is 0 Å². The van der Waals surface area contributed by atoms with Gasteiger partial charge in [0.05, 0.1) is 22.9 Å². The van der Waals surface area contributed by atoms with E-state index in [0.717, 1.165) is 15.1 Å². The van der Waals surface area contributed by atoms with E-state index < -0.39 is 5.97 Å². The summed E-state index contributed by atoms with van der Waals surface area (Å²) in [6.45, 7) is 0. The molecule has 0 aliphatic carbocycles. The molecule has 24 heavy (non-hydrogen) atoms. The molecule has 7 heteroatoms. The van der Waals surface area contributed by atoms with Crippen LogP contribution in [-0.4, -0.2) is 30.2 Å². The molecule has 3 aromatic rings. The van der Waals surface area contributed by atoms with Crippen LogP contribution in [0.1, 0.15) is 20.7 Å². The average Bonchev–Trinajstić information content (AvgIpc) is 3.03. The lowest BCUT2D eigenvalue weighted by molar-refractivity contribution is 0.0600. The summed E-state index contributed by atoms with van der Waals surface area (Å²) in [6, 6.07) is 12.3. The molecule has 1 aromatic heterocycles. The van der Waals surface area contributed by atoms with Gasteiger partial charge < -0.3 is 4.74 Å². The number of esters is 1. The number of carbonyl (C=O) groups is 2. The molecule has 0 unspecified atom stereocenters. The van der Waals surface area contributed by atoms with Gasteiger partial charge >= 0.3 is 5.97 Å². The van der Waals surface area contributed by atoms with Crippen molar-refractivity contribution in [2.75, 3.05) is 18.7 Å². The molecule has 0 radical (unpaired) electrons. The standard InChI is InChI=1S/C17H14N2O3S2/c1-22-16(21)11-8-6-10(7-9-11)15(20)19-17-18-14-12(23-2)4-3-5-13(14)24-17/h3-9H,1-2H3,(H,18,19,20). The summed E-state index contributed by atoms with van der Waals surface area (Å²) < 4.78 is 5.66. The molecule has 0 saturated heterocycles. The number of hydrogen-bond donors (Lipinski definition) is 1. The predicted molar refractivity (Wildman–Crippen MR) is 97.1 cm³/mol. The zero-order valence-corrected chi connectivity index (χ0v) is 14.7. The number of hydrogen-bond acceptors (Lipinski definition) is 6. The first-order valence-corrected chi connectivity index (χ1v) is 9.10. The maximum absolute atomic E-state index is 12.3. The number of benzene rings is 2.